The summed E-state index contributed by atoms with van der Waals surface area (Å²) >= 11 is 0. The molecule has 0 aromatic heterocycles. The van der Waals surface area contributed by atoms with Gasteiger partial charge in [-0.15, -0.1) is 0 Å². The summed E-state index contributed by atoms with van der Waals surface area (Å²) in [6.07, 6.45) is 6.52. The lowest BCUT2D eigenvalue weighted by Crippen LogP contribution is -2.52. The van der Waals surface area contributed by atoms with Gasteiger partial charge in [-0.1, -0.05) is 52.7 Å². The Labute approximate surface area is 171 Å². The van der Waals surface area contributed by atoms with Crippen molar-refractivity contribution in [2.24, 2.45) is 29.1 Å². The van der Waals surface area contributed by atoms with Crippen LogP contribution in [0.3, 0.4) is 0 Å². The van der Waals surface area contributed by atoms with Gasteiger partial charge in [-0.05, 0) is 49.2 Å². The predicted octanol–water partition coefficient (Wildman–Crippen LogP) is 4.30. The number of aliphatic hydroxyl groups excluding tert-OH is 1. The summed E-state index contributed by atoms with van der Waals surface area (Å²) in [5, 5.41) is 22.6. The van der Waals surface area contributed by atoms with Gasteiger partial charge in [-0.2, -0.15) is 0 Å². The topological polar surface area (TPSA) is 66.8 Å². The number of ketones is 1. The first-order valence-electron chi connectivity index (χ1n) is 11.0. The maximum atomic E-state index is 13.0. The minimum atomic E-state index is -1.32. The number of fused-ring (bicyclic) bond motifs is 2. The number of allylic oxidation sites excluding steroid dienone is 1. The van der Waals surface area contributed by atoms with E-state index in [-0.39, 0.29) is 35.9 Å². The van der Waals surface area contributed by atoms with Crippen molar-refractivity contribution >= 4 is 5.78 Å². The minimum absolute atomic E-state index is 0.0465. The lowest BCUT2D eigenvalue weighted by Gasteiger charge is -2.45. The summed E-state index contributed by atoms with van der Waals surface area (Å²) in [5.74, 6) is 0.595. The van der Waals surface area contributed by atoms with E-state index in [2.05, 4.69) is 20.8 Å². The Hall–Kier alpha value is -0.970. The molecular weight excluding hydrogens is 352 g/mol. The van der Waals surface area contributed by atoms with Crippen molar-refractivity contribution in [1.82, 2.24) is 0 Å². The highest BCUT2D eigenvalue weighted by molar-refractivity contribution is 6.02. The number of carbonyl (C=O) groups excluding carboxylic acids is 1. The van der Waals surface area contributed by atoms with E-state index >= 15 is 0 Å². The zero-order valence-corrected chi connectivity index (χ0v) is 18.8. The van der Waals surface area contributed by atoms with Gasteiger partial charge >= 0.3 is 0 Å². The predicted molar refractivity (Wildman–Crippen MR) is 113 cm³/mol. The van der Waals surface area contributed by atoms with Crippen molar-refractivity contribution in [1.29, 1.82) is 0 Å². The highest BCUT2D eigenvalue weighted by atomic mass is 16.5. The summed E-state index contributed by atoms with van der Waals surface area (Å²) < 4.78 is 5.40. The third kappa shape index (κ3) is 3.76. The van der Waals surface area contributed by atoms with Crippen molar-refractivity contribution in [3.63, 3.8) is 0 Å². The molecule has 28 heavy (non-hydrogen) atoms. The van der Waals surface area contributed by atoms with Gasteiger partial charge in [0, 0.05) is 19.4 Å². The van der Waals surface area contributed by atoms with Gasteiger partial charge < -0.3 is 14.9 Å². The molecule has 0 aromatic carbocycles. The van der Waals surface area contributed by atoms with Crippen LogP contribution in [0.25, 0.3) is 0 Å². The molecule has 3 rings (SSSR count). The maximum absolute atomic E-state index is 13.0. The van der Waals surface area contributed by atoms with Crippen LogP contribution in [0.1, 0.15) is 67.2 Å². The molecule has 6 atom stereocenters. The molecule has 3 aliphatic carbocycles. The average Bonchev–Trinajstić information content (AvgIpc) is 3.07. The third-order valence-corrected chi connectivity index (χ3v) is 7.05. The number of hydrogen-bond donors (Lipinski definition) is 2. The van der Waals surface area contributed by atoms with Crippen molar-refractivity contribution in [2.75, 3.05) is 13.7 Å². The van der Waals surface area contributed by atoms with E-state index in [9.17, 15) is 15.0 Å². The fraction of sp³-hybridized carbons (Fsp3) is 0.792. The van der Waals surface area contributed by atoms with Gasteiger partial charge in [0.2, 0.25) is 0 Å². The molecule has 3 aliphatic rings. The lowest BCUT2D eigenvalue weighted by atomic mass is 9.62. The van der Waals surface area contributed by atoms with E-state index in [1.54, 1.807) is 13.2 Å². The molecule has 0 bridgehead atoms. The van der Waals surface area contributed by atoms with Gasteiger partial charge in [-0.25, -0.2) is 0 Å². The molecule has 0 radical (unpaired) electrons. The SMILES string of the molecule is CCC.COCC1CCC2/C1=C\C1(C)C(=O)C=C(C(C)C)C1(O)CC(O)C2C. The molecule has 0 saturated heterocycles. The minimum Gasteiger partial charge on any atom is -0.393 e. The first-order valence-corrected chi connectivity index (χ1v) is 11.0. The zero-order chi connectivity index (χ0) is 21.3. The largest absolute Gasteiger partial charge is 0.393 e. The fourth-order valence-electron chi connectivity index (χ4n) is 5.36. The van der Waals surface area contributed by atoms with Crippen LogP contribution in [0.4, 0.5) is 0 Å². The van der Waals surface area contributed by atoms with Gasteiger partial charge in [0.05, 0.1) is 18.1 Å². The first kappa shape index (κ1) is 23.3. The summed E-state index contributed by atoms with van der Waals surface area (Å²) in [7, 11) is 1.70. The van der Waals surface area contributed by atoms with Gasteiger partial charge in [0.25, 0.3) is 0 Å². The number of aliphatic hydroxyl groups is 2. The Balaban J connectivity index is 0.000000878. The van der Waals surface area contributed by atoms with Crippen LogP contribution in [-0.4, -0.2) is 41.4 Å². The van der Waals surface area contributed by atoms with Gasteiger partial charge in [0.15, 0.2) is 5.78 Å². The monoisotopic (exact) mass is 392 g/mol. The Morgan fingerprint density at radius 1 is 1.29 bits per heavy atom. The first-order chi connectivity index (χ1) is 13.1. The Bertz CT molecular complexity index is 635. The van der Waals surface area contributed by atoms with Crippen molar-refractivity contribution in [3.8, 4) is 0 Å². The molecule has 0 aromatic rings. The van der Waals surface area contributed by atoms with E-state index in [0.717, 1.165) is 18.4 Å². The van der Waals surface area contributed by atoms with E-state index in [4.69, 9.17) is 4.74 Å². The van der Waals surface area contributed by atoms with E-state index in [1.807, 2.05) is 26.8 Å². The average molecular weight is 393 g/mol. The summed E-state index contributed by atoms with van der Waals surface area (Å²) in [6, 6.07) is 0. The molecule has 6 unspecified atom stereocenters. The number of ether oxygens (including phenoxy) is 1. The van der Waals surface area contributed by atoms with Crippen LogP contribution >= 0.6 is 0 Å². The van der Waals surface area contributed by atoms with Crippen LogP contribution in [0.2, 0.25) is 0 Å². The van der Waals surface area contributed by atoms with Crippen LogP contribution in [0.15, 0.2) is 23.3 Å². The van der Waals surface area contributed by atoms with Crippen LogP contribution < -0.4 is 0 Å². The highest BCUT2D eigenvalue weighted by Gasteiger charge is 2.60. The standard InChI is InChI=1S/C21H32O4.C3H8/c1-12(2)17-8-19(23)20(4)9-16-14(11-25-5)6-7-15(16)13(3)18(22)10-21(17,20)24;1-3-2/h8-9,12-15,18,22,24H,6-7,10-11H2,1-5H3;3H2,1-2H3/b16-9-;. The summed E-state index contributed by atoms with van der Waals surface area (Å²) in [5.41, 5.74) is -0.370. The molecule has 4 nitrogen and oxygen atoms in total. The van der Waals surface area contributed by atoms with Gasteiger partial charge in [-0.3, -0.25) is 4.79 Å². The smallest absolute Gasteiger partial charge is 0.168 e. The van der Waals surface area contributed by atoms with E-state index < -0.39 is 17.1 Å². The van der Waals surface area contributed by atoms with Crippen LogP contribution in [0.5, 0.6) is 0 Å². The second-order valence-corrected chi connectivity index (χ2v) is 9.50. The maximum Gasteiger partial charge on any atom is 0.168 e. The summed E-state index contributed by atoms with van der Waals surface area (Å²) in [6.45, 7) is 12.8. The van der Waals surface area contributed by atoms with Crippen molar-refractivity contribution < 1.29 is 19.7 Å². The third-order valence-electron chi connectivity index (χ3n) is 7.05. The molecule has 1 saturated carbocycles. The molecular formula is C24H40O4. The second kappa shape index (κ2) is 8.81. The molecule has 2 N–H and O–H groups in total. The summed E-state index contributed by atoms with van der Waals surface area (Å²) in [4.78, 5) is 13.0. The zero-order valence-electron chi connectivity index (χ0n) is 18.8. The number of hydrogen-bond acceptors (Lipinski definition) is 4. The fourth-order valence-corrected chi connectivity index (χ4v) is 5.36. The molecule has 0 aliphatic heterocycles. The molecule has 1 fully saturated rings. The molecule has 0 spiro atoms. The van der Waals surface area contributed by atoms with E-state index in [0.29, 0.717) is 6.61 Å². The number of rotatable bonds is 3. The molecule has 4 heteroatoms. The Kier molecular flexibility index (Phi) is 7.33. The lowest BCUT2D eigenvalue weighted by molar-refractivity contribution is -0.132. The molecule has 160 valence electrons. The van der Waals surface area contributed by atoms with Crippen molar-refractivity contribution in [2.45, 2.75) is 78.9 Å². The highest BCUT2D eigenvalue weighted by Crippen LogP contribution is 2.55. The second-order valence-electron chi connectivity index (χ2n) is 9.50. The molecule has 0 heterocycles. The number of methoxy groups -OCH3 is 1. The quantitative estimate of drug-likeness (QED) is 0.703. The van der Waals surface area contributed by atoms with Crippen LogP contribution in [-0.2, 0) is 9.53 Å². The Morgan fingerprint density at radius 3 is 2.43 bits per heavy atom. The van der Waals surface area contributed by atoms with Crippen LogP contribution in [0, 0.1) is 29.1 Å². The van der Waals surface area contributed by atoms with E-state index in [1.165, 1.54) is 12.0 Å². The number of carbonyl (C=O) groups is 1. The Morgan fingerprint density at radius 2 is 1.89 bits per heavy atom. The van der Waals surface area contributed by atoms with Gasteiger partial charge in [0.1, 0.15) is 5.60 Å². The molecule has 0 amide bonds. The van der Waals surface area contributed by atoms with Crippen molar-refractivity contribution in [3.05, 3.63) is 23.3 Å². The normalized spacial score (nSPS) is 41.9.